The number of sulfonamides is 1. The number of carbonyl (C=O) groups excluding carboxylic acids is 2. The van der Waals surface area contributed by atoms with Crippen LogP contribution < -0.4 is 0 Å². The number of carbonyl (C=O) groups is 2. The van der Waals surface area contributed by atoms with Crippen molar-refractivity contribution in [2.45, 2.75) is 49.5 Å². The maximum atomic E-state index is 12.7. The van der Waals surface area contributed by atoms with E-state index >= 15 is 0 Å². The van der Waals surface area contributed by atoms with Crippen LogP contribution in [0.5, 0.6) is 0 Å². The minimum absolute atomic E-state index is 0.00708. The van der Waals surface area contributed by atoms with Gasteiger partial charge in [0.05, 0.1) is 10.8 Å². The highest BCUT2D eigenvalue weighted by Gasteiger charge is 2.35. The van der Waals surface area contributed by atoms with E-state index in [9.17, 15) is 18.0 Å². The Hall–Kier alpha value is -1.44. The van der Waals surface area contributed by atoms with Gasteiger partial charge in [-0.3, -0.25) is 9.59 Å². The number of hydrogen-bond acceptors (Lipinski definition) is 5. The zero-order valence-corrected chi connectivity index (χ0v) is 16.0. The number of Topliss-reactive ketones (excluding diaryl/α,β-unsaturated/α-hetero) is 1. The zero-order valence-electron chi connectivity index (χ0n) is 14.4. The second-order valence-electron chi connectivity index (χ2n) is 6.77. The third kappa shape index (κ3) is 4.27. The maximum absolute atomic E-state index is 12.7. The number of ketones is 1. The second-order valence-corrected chi connectivity index (χ2v) is 9.14. The molecule has 1 aromatic rings. The second kappa shape index (κ2) is 8.06. The van der Waals surface area contributed by atoms with E-state index in [0.29, 0.717) is 30.7 Å². The van der Waals surface area contributed by atoms with Crippen molar-refractivity contribution < 1.29 is 22.7 Å². The van der Waals surface area contributed by atoms with E-state index in [1.54, 1.807) is 12.1 Å². The van der Waals surface area contributed by atoms with Gasteiger partial charge in [-0.15, -0.1) is 0 Å². The molecule has 0 N–H and O–H groups in total. The first kappa shape index (κ1) is 19.3. The number of halogens is 1. The molecule has 2 aliphatic rings. The fraction of sp³-hybridized carbons (Fsp3) is 0.556. The van der Waals surface area contributed by atoms with Crippen molar-refractivity contribution in [2.24, 2.45) is 5.92 Å². The van der Waals surface area contributed by atoms with Crippen LogP contribution in [0, 0.1) is 5.92 Å². The lowest BCUT2D eigenvalue weighted by atomic mass is 9.95. The van der Waals surface area contributed by atoms with Gasteiger partial charge in [-0.2, -0.15) is 4.31 Å². The molecular formula is C18H22ClNO5S. The average Bonchev–Trinajstić information content (AvgIpc) is 2.64. The first-order valence-corrected chi connectivity index (χ1v) is 10.7. The van der Waals surface area contributed by atoms with Gasteiger partial charge in [-0.25, -0.2) is 8.42 Å². The molecule has 0 spiro atoms. The third-order valence-corrected chi connectivity index (χ3v) is 7.16. The molecule has 142 valence electrons. The van der Waals surface area contributed by atoms with E-state index in [2.05, 4.69) is 0 Å². The van der Waals surface area contributed by atoms with Crippen LogP contribution in [0.15, 0.2) is 29.2 Å². The standard InChI is InChI=1S/C18H22ClNO5S/c19-14-5-7-15(8-6-14)26(23,24)20-11-9-13(10-12-20)18(22)25-17-4-2-1-3-16(17)21/h5-8,13,17H,1-4,9-12H2. The summed E-state index contributed by atoms with van der Waals surface area (Å²) in [5.41, 5.74) is 0. The molecule has 26 heavy (non-hydrogen) atoms. The quantitative estimate of drug-likeness (QED) is 0.727. The summed E-state index contributed by atoms with van der Waals surface area (Å²) in [6.07, 6.45) is 2.98. The number of ether oxygens (including phenoxy) is 1. The number of hydrogen-bond donors (Lipinski definition) is 0. The lowest BCUT2D eigenvalue weighted by Crippen LogP contribution is -2.41. The Morgan fingerprint density at radius 2 is 1.73 bits per heavy atom. The van der Waals surface area contributed by atoms with Gasteiger partial charge in [-0.05, 0) is 56.4 Å². The van der Waals surface area contributed by atoms with Gasteiger partial charge < -0.3 is 4.74 Å². The summed E-state index contributed by atoms with van der Waals surface area (Å²) in [5, 5.41) is 0.475. The van der Waals surface area contributed by atoms with E-state index in [1.165, 1.54) is 16.4 Å². The Balaban J connectivity index is 1.57. The fourth-order valence-corrected chi connectivity index (χ4v) is 5.00. The Bertz CT molecular complexity index is 769. The van der Waals surface area contributed by atoms with Crippen LogP contribution in [0.2, 0.25) is 5.02 Å². The Kier molecular flexibility index (Phi) is 5.99. The van der Waals surface area contributed by atoms with Gasteiger partial charge in [-0.1, -0.05) is 11.6 Å². The van der Waals surface area contributed by atoms with Gasteiger partial charge in [0.25, 0.3) is 0 Å². The minimum Gasteiger partial charge on any atom is -0.454 e. The van der Waals surface area contributed by atoms with Gasteiger partial charge >= 0.3 is 5.97 Å². The van der Waals surface area contributed by atoms with E-state index in [1.807, 2.05) is 0 Å². The van der Waals surface area contributed by atoms with Gasteiger partial charge in [0.1, 0.15) is 0 Å². The molecule has 1 aliphatic heterocycles. The number of benzene rings is 1. The molecule has 1 saturated carbocycles. The monoisotopic (exact) mass is 399 g/mol. The Labute approximate surface area is 158 Å². The van der Waals surface area contributed by atoms with Gasteiger partial charge in [0.15, 0.2) is 11.9 Å². The molecule has 1 aromatic carbocycles. The maximum Gasteiger partial charge on any atom is 0.309 e. The molecule has 1 aliphatic carbocycles. The lowest BCUT2D eigenvalue weighted by Gasteiger charge is -2.31. The molecule has 1 heterocycles. The normalized spacial score (nSPS) is 23.0. The summed E-state index contributed by atoms with van der Waals surface area (Å²) >= 11 is 5.81. The van der Waals surface area contributed by atoms with Crippen LogP contribution in [-0.2, 0) is 24.3 Å². The number of rotatable bonds is 4. The van der Waals surface area contributed by atoms with Crippen LogP contribution in [-0.4, -0.2) is 43.7 Å². The molecule has 1 saturated heterocycles. The molecule has 8 heteroatoms. The van der Waals surface area contributed by atoms with E-state index in [-0.39, 0.29) is 35.7 Å². The van der Waals surface area contributed by atoms with Crippen molar-refractivity contribution in [2.75, 3.05) is 13.1 Å². The topological polar surface area (TPSA) is 80.8 Å². The molecule has 0 radical (unpaired) electrons. The molecule has 0 amide bonds. The van der Waals surface area contributed by atoms with E-state index in [0.717, 1.165) is 12.8 Å². The van der Waals surface area contributed by atoms with Crippen LogP contribution in [0.25, 0.3) is 0 Å². The summed E-state index contributed by atoms with van der Waals surface area (Å²) in [5.74, 6) is -0.748. The largest absolute Gasteiger partial charge is 0.454 e. The van der Waals surface area contributed by atoms with Crippen LogP contribution in [0.1, 0.15) is 38.5 Å². The molecule has 1 unspecified atom stereocenters. The molecule has 0 bridgehead atoms. The van der Waals surface area contributed by atoms with Gasteiger partial charge in [0.2, 0.25) is 10.0 Å². The van der Waals surface area contributed by atoms with Crippen molar-refractivity contribution in [3.8, 4) is 0 Å². The summed E-state index contributed by atoms with van der Waals surface area (Å²) in [4.78, 5) is 24.3. The third-order valence-electron chi connectivity index (χ3n) is 5.00. The van der Waals surface area contributed by atoms with E-state index in [4.69, 9.17) is 16.3 Å². The summed E-state index contributed by atoms with van der Waals surface area (Å²) in [6.45, 7) is 0.507. The van der Waals surface area contributed by atoms with Crippen molar-refractivity contribution in [3.05, 3.63) is 29.3 Å². The SMILES string of the molecule is O=C(OC1CCCCC1=O)C1CCN(S(=O)(=O)c2ccc(Cl)cc2)CC1. The van der Waals surface area contributed by atoms with Crippen molar-refractivity contribution >= 4 is 33.4 Å². The molecule has 6 nitrogen and oxygen atoms in total. The predicted octanol–water partition coefficient (Wildman–Crippen LogP) is 2.80. The molecule has 3 rings (SSSR count). The first-order chi connectivity index (χ1) is 12.4. The van der Waals surface area contributed by atoms with Crippen molar-refractivity contribution in [3.63, 3.8) is 0 Å². The fourth-order valence-electron chi connectivity index (χ4n) is 3.40. The van der Waals surface area contributed by atoms with Gasteiger partial charge in [0, 0.05) is 24.5 Å². The average molecular weight is 400 g/mol. The number of piperidine rings is 1. The molecule has 2 fully saturated rings. The highest BCUT2D eigenvalue weighted by Crippen LogP contribution is 2.27. The highest BCUT2D eigenvalue weighted by molar-refractivity contribution is 7.89. The highest BCUT2D eigenvalue weighted by atomic mass is 35.5. The lowest BCUT2D eigenvalue weighted by molar-refractivity contribution is -0.161. The van der Waals surface area contributed by atoms with Crippen molar-refractivity contribution in [1.29, 1.82) is 0 Å². The summed E-state index contributed by atoms with van der Waals surface area (Å²) in [6, 6.07) is 6.04. The first-order valence-electron chi connectivity index (χ1n) is 8.87. The summed E-state index contributed by atoms with van der Waals surface area (Å²) in [7, 11) is -3.60. The molecular weight excluding hydrogens is 378 g/mol. The summed E-state index contributed by atoms with van der Waals surface area (Å²) < 4.78 is 32.1. The Morgan fingerprint density at radius 1 is 1.08 bits per heavy atom. The van der Waals surface area contributed by atoms with Crippen LogP contribution in [0.4, 0.5) is 0 Å². The van der Waals surface area contributed by atoms with Crippen LogP contribution >= 0.6 is 11.6 Å². The predicted molar refractivity (Wildman–Crippen MR) is 96.3 cm³/mol. The van der Waals surface area contributed by atoms with E-state index < -0.39 is 16.1 Å². The van der Waals surface area contributed by atoms with Crippen LogP contribution in [0.3, 0.4) is 0 Å². The number of nitrogens with zero attached hydrogens (tertiary/aromatic N) is 1. The minimum atomic E-state index is -3.60. The smallest absolute Gasteiger partial charge is 0.309 e. The Morgan fingerprint density at radius 3 is 2.35 bits per heavy atom. The molecule has 1 atom stereocenters. The zero-order chi connectivity index (χ0) is 18.7. The van der Waals surface area contributed by atoms with Crippen molar-refractivity contribution in [1.82, 2.24) is 4.31 Å². The molecule has 0 aromatic heterocycles. The number of esters is 1.